The molecule has 0 N–H and O–H groups in total. The highest BCUT2D eigenvalue weighted by Gasteiger charge is 2.21. The standard InChI is InChI=1S/C10H10BrClO2S/c11-7-5-9(15-10(7)12)8(13)4-6-2-1-3-14-6/h5-6H,1-4H2. The maximum absolute atomic E-state index is 11.8. The molecule has 1 atom stereocenters. The van der Waals surface area contributed by atoms with Gasteiger partial charge in [-0.15, -0.1) is 11.3 Å². The molecule has 0 saturated carbocycles. The molecule has 1 aliphatic rings. The minimum absolute atomic E-state index is 0.108. The Morgan fingerprint density at radius 1 is 1.73 bits per heavy atom. The monoisotopic (exact) mass is 308 g/mol. The van der Waals surface area contributed by atoms with Crippen LogP contribution in [-0.4, -0.2) is 18.5 Å². The van der Waals surface area contributed by atoms with E-state index in [1.807, 2.05) is 0 Å². The van der Waals surface area contributed by atoms with Crippen LogP contribution in [0.3, 0.4) is 0 Å². The zero-order chi connectivity index (χ0) is 10.8. The molecule has 1 saturated heterocycles. The van der Waals surface area contributed by atoms with E-state index in [4.69, 9.17) is 16.3 Å². The Morgan fingerprint density at radius 2 is 2.53 bits per heavy atom. The van der Waals surface area contributed by atoms with Gasteiger partial charge in [0.15, 0.2) is 5.78 Å². The van der Waals surface area contributed by atoms with Crippen LogP contribution in [0.2, 0.25) is 4.34 Å². The summed E-state index contributed by atoms with van der Waals surface area (Å²) in [5, 5.41) is 0. The van der Waals surface area contributed by atoms with Crippen molar-refractivity contribution in [3.63, 3.8) is 0 Å². The molecule has 0 aliphatic carbocycles. The summed E-state index contributed by atoms with van der Waals surface area (Å²) in [4.78, 5) is 12.5. The van der Waals surface area contributed by atoms with E-state index in [-0.39, 0.29) is 11.9 Å². The van der Waals surface area contributed by atoms with Crippen molar-refractivity contribution in [1.29, 1.82) is 0 Å². The van der Waals surface area contributed by atoms with Crippen LogP contribution in [0.5, 0.6) is 0 Å². The second-order valence-electron chi connectivity index (χ2n) is 3.49. The second kappa shape index (κ2) is 4.95. The summed E-state index contributed by atoms with van der Waals surface area (Å²) in [7, 11) is 0. The molecule has 0 amide bonds. The Kier molecular flexibility index (Phi) is 3.83. The molecule has 2 heterocycles. The van der Waals surface area contributed by atoms with E-state index in [0.717, 1.165) is 23.9 Å². The molecule has 0 bridgehead atoms. The van der Waals surface area contributed by atoms with E-state index in [1.54, 1.807) is 6.07 Å². The molecule has 1 aromatic heterocycles. The third-order valence-corrected chi connectivity index (χ3v) is 4.87. The largest absolute Gasteiger partial charge is 0.378 e. The summed E-state index contributed by atoms with van der Waals surface area (Å²) in [6.45, 7) is 0.785. The first-order chi connectivity index (χ1) is 7.16. The van der Waals surface area contributed by atoms with Crippen molar-refractivity contribution >= 4 is 44.7 Å². The highest BCUT2D eigenvalue weighted by atomic mass is 79.9. The lowest BCUT2D eigenvalue weighted by Crippen LogP contribution is -2.11. The molecular formula is C10H10BrClO2S. The Morgan fingerprint density at radius 3 is 3.07 bits per heavy atom. The number of carbonyl (C=O) groups is 1. The van der Waals surface area contributed by atoms with Crippen LogP contribution in [0.4, 0.5) is 0 Å². The zero-order valence-corrected chi connectivity index (χ0v) is 11.1. The number of carbonyl (C=O) groups excluding carboxylic acids is 1. The summed E-state index contributed by atoms with van der Waals surface area (Å²) in [5.41, 5.74) is 0. The SMILES string of the molecule is O=C(CC1CCCO1)c1cc(Br)c(Cl)s1. The van der Waals surface area contributed by atoms with Crippen molar-refractivity contribution in [2.45, 2.75) is 25.4 Å². The number of halogens is 2. The number of hydrogen-bond acceptors (Lipinski definition) is 3. The van der Waals surface area contributed by atoms with E-state index in [2.05, 4.69) is 15.9 Å². The van der Waals surface area contributed by atoms with Gasteiger partial charge in [0.25, 0.3) is 0 Å². The summed E-state index contributed by atoms with van der Waals surface area (Å²) in [6.07, 6.45) is 2.64. The Labute approximate surface area is 106 Å². The van der Waals surface area contributed by atoms with Gasteiger partial charge >= 0.3 is 0 Å². The minimum atomic E-state index is 0.108. The van der Waals surface area contributed by atoms with E-state index < -0.39 is 0 Å². The fourth-order valence-electron chi connectivity index (χ4n) is 1.60. The molecule has 0 spiro atoms. The van der Waals surface area contributed by atoms with Crippen LogP contribution in [0, 0.1) is 0 Å². The predicted octanol–water partition coefficient (Wildman–Crippen LogP) is 3.92. The van der Waals surface area contributed by atoms with Crippen molar-refractivity contribution in [2.24, 2.45) is 0 Å². The average Bonchev–Trinajstić information content (AvgIpc) is 2.78. The Hall–Kier alpha value is 0.1000. The summed E-state index contributed by atoms with van der Waals surface area (Å²) < 4.78 is 6.85. The molecule has 2 nitrogen and oxygen atoms in total. The summed E-state index contributed by atoms with van der Waals surface area (Å²) >= 11 is 10.5. The highest BCUT2D eigenvalue weighted by molar-refractivity contribution is 9.10. The molecular weight excluding hydrogens is 300 g/mol. The number of hydrogen-bond donors (Lipinski definition) is 0. The van der Waals surface area contributed by atoms with E-state index >= 15 is 0 Å². The first kappa shape index (κ1) is 11.6. The van der Waals surface area contributed by atoms with Gasteiger partial charge in [-0.3, -0.25) is 4.79 Å². The second-order valence-corrected chi connectivity index (χ2v) is 6.00. The molecule has 0 radical (unpaired) electrons. The quantitative estimate of drug-likeness (QED) is 0.791. The van der Waals surface area contributed by atoms with Crippen LogP contribution in [0.15, 0.2) is 10.5 Å². The lowest BCUT2D eigenvalue weighted by molar-refractivity contribution is 0.0779. The van der Waals surface area contributed by atoms with Crippen molar-refractivity contribution in [2.75, 3.05) is 6.61 Å². The molecule has 15 heavy (non-hydrogen) atoms. The minimum Gasteiger partial charge on any atom is -0.378 e. The van der Waals surface area contributed by atoms with Crippen LogP contribution in [0.1, 0.15) is 28.9 Å². The first-order valence-corrected chi connectivity index (χ1v) is 6.75. The van der Waals surface area contributed by atoms with Gasteiger partial charge in [-0.2, -0.15) is 0 Å². The molecule has 2 rings (SSSR count). The summed E-state index contributed by atoms with van der Waals surface area (Å²) in [5.74, 6) is 0.125. The molecule has 1 aromatic rings. The van der Waals surface area contributed by atoms with Crippen molar-refractivity contribution in [1.82, 2.24) is 0 Å². The van der Waals surface area contributed by atoms with Gasteiger partial charge in [0, 0.05) is 17.5 Å². The van der Waals surface area contributed by atoms with Gasteiger partial charge in [0.1, 0.15) is 4.34 Å². The van der Waals surface area contributed by atoms with Crippen molar-refractivity contribution in [3.05, 3.63) is 19.8 Å². The number of ketones is 1. The predicted molar refractivity (Wildman–Crippen MR) is 65.0 cm³/mol. The fraction of sp³-hybridized carbons (Fsp3) is 0.500. The fourth-order valence-corrected chi connectivity index (χ4v) is 3.25. The first-order valence-electron chi connectivity index (χ1n) is 4.76. The van der Waals surface area contributed by atoms with Crippen LogP contribution >= 0.6 is 38.9 Å². The number of rotatable bonds is 3. The Balaban J connectivity index is 2.00. The maximum atomic E-state index is 11.8. The Bertz CT molecular complexity index is 352. The van der Waals surface area contributed by atoms with E-state index in [0.29, 0.717) is 15.6 Å². The zero-order valence-electron chi connectivity index (χ0n) is 7.96. The van der Waals surface area contributed by atoms with Gasteiger partial charge in [-0.25, -0.2) is 0 Å². The number of thiophene rings is 1. The smallest absolute Gasteiger partial charge is 0.175 e. The third kappa shape index (κ3) is 2.81. The molecule has 1 aliphatic heterocycles. The van der Waals surface area contributed by atoms with E-state index in [1.165, 1.54) is 11.3 Å². The third-order valence-electron chi connectivity index (χ3n) is 2.36. The normalized spacial score (nSPS) is 20.8. The number of Topliss-reactive ketones (excluding diaryl/α,β-unsaturated/α-hetero) is 1. The van der Waals surface area contributed by atoms with Crippen LogP contribution < -0.4 is 0 Å². The average molecular weight is 310 g/mol. The summed E-state index contributed by atoms with van der Waals surface area (Å²) in [6, 6.07) is 1.78. The van der Waals surface area contributed by atoms with Crippen molar-refractivity contribution in [3.8, 4) is 0 Å². The molecule has 82 valence electrons. The molecule has 5 heteroatoms. The lowest BCUT2D eigenvalue weighted by Gasteiger charge is -2.06. The van der Waals surface area contributed by atoms with Gasteiger partial charge in [0.2, 0.25) is 0 Å². The van der Waals surface area contributed by atoms with Crippen LogP contribution in [-0.2, 0) is 4.74 Å². The molecule has 1 unspecified atom stereocenters. The molecule has 1 fully saturated rings. The highest BCUT2D eigenvalue weighted by Crippen LogP contribution is 2.33. The van der Waals surface area contributed by atoms with Gasteiger partial charge in [0.05, 0.1) is 11.0 Å². The van der Waals surface area contributed by atoms with Gasteiger partial charge < -0.3 is 4.74 Å². The maximum Gasteiger partial charge on any atom is 0.175 e. The van der Waals surface area contributed by atoms with Crippen molar-refractivity contribution < 1.29 is 9.53 Å². The topological polar surface area (TPSA) is 26.3 Å². The van der Waals surface area contributed by atoms with Crippen LogP contribution in [0.25, 0.3) is 0 Å². The molecule has 0 aromatic carbocycles. The number of ether oxygens (including phenoxy) is 1. The lowest BCUT2D eigenvalue weighted by atomic mass is 10.1. The van der Waals surface area contributed by atoms with E-state index in [9.17, 15) is 4.79 Å². The van der Waals surface area contributed by atoms with Gasteiger partial charge in [-0.1, -0.05) is 11.6 Å². The van der Waals surface area contributed by atoms with Gasteiger partial charge in [-0.05, 0) is 34.8 Å².